The van der Waals surface area contributed by atoms with Crippen molar-refractivity contribution in [2.45, 2.75) is 12.1 Å². The second-order valence-electron chi connectivity index (χ2n) is 1.65. The summed E-state index contributed by atoms with van der Waals surface area (Å²) in [6.45, 7) is 0. The second kappa shape index (κ2) is 4.89. The highest BCUT2D eigenvalue weighted by molar-refractivity contribution is 5.85. The Morgan fingerprint density at radius 3 is 1.64 bits per heavy atom. The second-order valence-corrected chi connectivity index (χ2v) is 1.65. The maximum absolute atomic E-state index is 9.90. The van der Waals surface area contributed by atoms with E-state index >= 15 is 0 Å². The van der Waals surface area contributed by atoms with Crippen LogP contribution in [0.3, 0.4) is 0 Å². The molecule has 0 heterocycles. The maximum Gasteiger partial charge on any atom is 0.334 e. The summed E-state index contributed by atoms with van der Waals surface area (Å²) in [6, 6.07) is -1.77. The van der Waals surface area contributed by atoms with E-state index in [9.17, 15) is 9.59 Å². The van der Waals surface area contributed by atoms with Crippen LogP contribution in [0.15, 0.2) is 0 Å². The number of rotatable bonds is 3. The van der Waals surface area contributed by atoms with E-state index in [-0.39, 0.29) is 12.4 Å². The minimum absolute atomic E-state index is 0. The molecular formula is C4H8ClNO5. The Hall–Kier alpha value is -0.850. The lowest BCUT2D eigenvalue weighted by Crippen LogP contribution is -2.46. The van der Waals surface area contributed by atoms with Gasteiger partial charge < -0.3 is 21.1 Å². The number of aliphatic carboxylic acids is 2. The van der Waals surface area contributed by atoms with Crippen molar-refractivity contribution in [3.05, 3.63) is 0 Å². The highest BCUT2D eigenvalue weighted by Gasteiger charge is 2.27. The number of halogens is 1. The van der Waals surface area contributed by atoms with Crippen LogP contribution in [0.1, 0.15) is 0 Å². The van der Waals surface area contributed by atoms with E-state index in [0.29, 0.717) is 0 Å². The van der Waals surface area contributed by atoms with Crippen molar-refractivity contribution in [2.24, 2.45) is 5.73 Å². The summed E-state index contributed by atoms with van der Waals surface area (Å²) in [6.07, 6.45) is -2.04. The Kier molecular flexibility index (Phi) is 5.69. The average molecular weight is 186 g/mol. The quantitative estimate of drug-likeness (QED) is 0.415. The minimum Gasteiger partial charge on any atom is -0.480 e. The molecule has 0 saturated carbocycles. The first-order valence-corrected chi connectivity index (χ1v) is 2.36. The largest absolute Gasteiger partial charge is 0.480 e. The molecule has 0 spiro atoms. The summed E-state index contributed by atoms with van der Waals surface area (Å²) in [4.78, 5) is 19.7. The van der Waals surface area contributed by atoms with E-state index in [1.54, 1.807) is 0 Å². The number of aliphatic hydroxyl groups excluding tert-OH is 1. The van der Waals surface area contributed by atoms with Gasteiger partial charge in [-0.25, -0.2) is 4.79 Å². The van der Waals surface area contributed by atoms with Gasteiger partial charge in [-0.3, -0.25) is 4.79 Å². The molecule has 0 aromatic rings. The van der Waals surface area contributed by atoms with Gasteiger partial charge in [0, 0.05) is 0 Å². The topological polar surface area (TPSA) is 121 Å². The van der Waals surface area contributed by atoms with Gasteiger partial charge in [-0.05, 0) is 0 Å². The van der Waals surface area contributed by atoms with Gasteiger partial charge in [0.2, 0.25) is 0 Å². The monoisotopic (exact) mass is 185 g/mol. The molecular weight excluding hydrogens is 177 g/mol. The molecule has 0 aliphatic heterocycles. The third kappa shape index (κ3) is 3.76. The molecule has 0 aromatic carbocycles. The predicted octanol–water partition coefficient (Wildman–Crippen LogP) is -1.73. The van der Waals surface area contributed by atoms with Gasteiger partial charge in [-0.15, -0.1) is 12.4 Å². The zero-order chi connectivity index (χ0) is 8.31. The Labute approximate surface area is 68.0 Å². The van der Waals surface area contributed by atoms with Crippen LogP contribution >= 0.6 is 12.4 Å². The summed E-state index contributed by atoms with van der Waals surface area (Å²) in [5.74, 6) is -3.19. The van der Waals surface area contributed by atoms with Crippen LogP contribution in [0.2, 0.25) is 0 Å². The van der Waals surface area contributed by atoms with Gasteiger partial charge in [-0.1, -0.05) is 0 Å². The Bertz CT molecular complexity index is 143. The molecule has 0 bridgehead atoms. The Balaban J connectivity index is 0. The number of carboxylic acids is 2. The van der Waals surface area contributed by atoms with Crippen LogP contribution in [0.5, 0.6) is 0 Å². The summed E-state index contributed by atoms with van der Waals surface area (Å²) in [7, 11) is 0. The number of nitrogens with two attached hydrogens (primary N) is 1. The van der Waals surface area contributed by atoms with Crippen LogP contribution in [0, 0.1) is 0 Å². The molecule has 2 atom stereocenters. The molecule has 0 unspecified atom stereocenters. The number of carboxylic acid groups (broad SMARTS) is 2. The van der Waals surface area contributed by atoms with Gasteiger partial charge in [0.25, 0.3) is 0 Å². The van der Waals surface area contributed by atoms with Crippen molar-refractivity contribution < 1.29 is 24.9 Å². The number of aliphatic hydroxyl groups is 1. The standard InChI is InChI=1S/C4H7NO5.ClH/c5-1(3(7)8)2(6)4(9)10;/h1-2,6H,5H2,(H,7,8)(H,9,10);1H/t1-,2-;/m0./s1. The van der Waals surface area contributed by atoms with Gasteiger partial charge in [0.05, 0.1) is 0 Å². The number of hydrogen-bond donors (Lipinski definition) is 4. The first-order chi connectivity index (χ1) is 4.46. The van der Waals surface area contributed by atoms with Gasteiger partial charge in [-0.2, -0.15) is 0 Å². The normalized spacial score (nSPS) is 14.4. The van der Waals surface area contributed by atoms with Gasteiger partial charge in [0.1, 0.15) is 6.04 Å². The lowest BCUT2D eigenvalue weighted by Gasteiger charge is -2.08. The predicted molar refractivity (Wildman–Crippen MR) is 36.5 cm³/mol. The Morgan fingerprint density at radius 1 is 1.18 bits per heavy atom. The number of carbonyl (C=O) groups is 2. The number of hydrogen-bond acceptors (Lipinski definition) is 4. The molecule has 0 radical (unpaired) electrons. The molecule has 6 nitrogen and oxygen atoms in total. The zero-order valence-electron chi connectivity index (χ0n) is 5.30. The molecule has 0 saturated heterocycles. The highest BCUT2D eigenvalue weighted by Crippen LogP contribution is 1.89. The molecule has 0 aliphatic rings. The van der Waals surface area contributed by atoms with Crippen LogP contribution in [0.25, 0.3) is 0 Å². The first-order valence-electron chi connectivity index (χ1n) is 2.36. The molecule has 0 fully saturated rings. The third-order valence-electron chi connectivity index (χ3n) is 0.878. The van der Waals surface area contributed by atoms with Crippen molar-refractivity contribution in [3.63, 3.8) is 0 Å². The fourth-order valence-electron chi connectivity index (χ4n) is 0.289. The van der Waals surface area contributed by atoms with E-state index in [1.165, 1.54) is 0 Å². The fourth-order valence-corrected chi connectivity index (χ4v) is 0.289. The van der Waals surface area contributed by atoms with Crippen molar-refractivity contribution in [2.75, 3.05) is 0 Å². The van der Waals surface area contributed by atoms with Crippen LogP contribution < -0.4 is 5.73 Å². The molecule has 7 heteroatoms. The van der Waals surface area contributed by atoms with Crippen LogP contribution in [-0.4, -0.2) is 39.4 Å². The summed E-state index contributed by atoms with van der Waals surface area (Å²) < 4.78 is 0. The molecule has 0 amide bonds. The molecule has 11 heavy (non-hydrogen) atoms. The van der Waals surface area contributed by atoms with Crippen molar-refractivity contribution in [1.29, 1.82) is 0 Å². The summed E-state index contributed by atoms with van der Waals surface area (Å²) in [5.41, 5.74) is 4.73. The highest BCUT2D eigenvalue weighted by atomic mass is 35.5. The van der Waals surface area contributed by atoms with Gasteiger partial charge in [0.15, 0.2) is 6.10 Å². The zero-order valence-corrected chi connectivity index (χ0v) is 6.11. The molecule has 5 N–H and O–H groups in total. The summed E-state index contributed by atoms with van der Waals surface area (Å²) in [5, 5.41) is 24.5. The van der Waals surface area contributed by atoms with E-state index in [4.69, 9.17) is 21.1 Å². The van der Waals surface area contributed by atoms with E-state index in [2.05, 4.69) is 0 Å². The molecule has 66 valence electrons. The first kappa shape index (κ1) is 12.8. The van der Waals surface area contributed by atoms with Crippen LogP contribution in [-0.2, 0) is 9.59 Å². The molecule has 0 aromatic heterocycles. The Morgan fingerprint density at radius 2 is 1.55 bits per heavy atom. The van der Waals surface area contributed by atoms with E-state index < -0.39 is 24.1 Å². The minimum atomic E-state index is -2.04. The molecule has 0 rings (SSSR count). The molecule has 0 aliphatic carbocycles. The van der Waals surface area contributed by atoms with Crippen molar-refractivity contribution >= 4 is 24.3 Å². The third-order valence-corrected chi connectivity index (χ3v) is 0.878. The average Bonchev–Trinajstić information content (AvgIpc) is 1.84. The smallest absolute Gasteiger partial charge is 0.334 e. The van der Waals surface area contributed by atoms with E-state index in [0.717, 1.165) is 0 Å². The van der Waals surface area contributed by atoms with Gasteiger partial charge >= 0.3 is 11.9 Å². The lowest BCUT2D eigenvalue weighted by atomic mass is 10.2. The van der Waals surface area contributed by atoms with Crippen LogP contribution in [0.4, 0.5) is 0 Å². The lowest BCUT2D eigenvalue weighted by molar-refractivity contribution is -0.154. The van der Waals surface area contributed by atoms with Crippen molar-refractivity contribution in [1.82, 2.24) is 0 Å². The SMILES string of the molecule is Cl.N[C@H](C(=O)O)[C@H](O)C(=O)O. The van der Waals surface area contributed by atoms with E-state index in [1.807, 2.05) is 0 Å². The summed E-state index contributed by atoms with van der Waals surface area (Å²) >= 11 is 0. The van der Waals surface area contributed by atoms with Crippen molar-refractivity contribution in [3.8, 4) is 0 Å². The fraction of sp³-hybridized carbons (Fsp3) is 0.500. The maximum atomic E-state index is 9.90.